The van der Waals surface area contributed by atoms with Crippen molar-refractivity contribution in [3.8, 4) is 0 Å². The van der Waals surface area contributed by atoms with Crippen LogP contribution in [0.15, 0.2) is 0 Å². The summed E-state index contributed by atoms with van der Waals surface area (Å²) in [5.74, 6) is 0.733. The molecule has 0 aliphatic heterocycles. The van der Waals surface area contributed by atoms with Crippen LogP contribution in [0.3, 0.4) is 0 Å². The van der Waals surface area contributed by atoms with E-state index in [-0.39, 0.29) is 11.9 Å². The van der Waals surface area contributed by atoms with Crippen molar-refractivity contribution in [3.05, 3.63) is 0 Å². The molecule has 1 aliphatic carbocycles. The van der Waals surface area contributed by atoms with Crippen molar-refractivity contribution >= 4 is 5.91 Å². The molecule has 1 rings (SSSR count). The molecule has 4 nitrogen and oxygen atoms in total. The molecule has 1 unspecified atom stereocenters. The minimum Gasteiger partial charge on any atom is -0.389 e. The molecule has 4 heteroatoms. The van der Waals surface area contributed by atoms with Crippen molar-refractivity contribution in [2.75, 3.05) is 13.1 Å². The van der Waals surface area contributed by atoms with Crippen molar-refractivity contribution in [1.29, 1.82) is 0 Å². The minimum absolute atomic E-state index is 0.0112. The Labute approximate surface area is 111 Å². The first-order chi connectivity index (χ1) is 8.45. The molecule has 1 saturated carbocycles. The molecule has 0 aromatic heterocycles. The summed E-state index contributed by atoms with van der Waals surface area (Å²) in [4.78, 5) is 11.6. The number of amides is 1. The van der Waals surface area contributed by atoms with E-state index >= 15 is 0 Å². The van der Waals surface area contributed by atoms with Crippen LogP contribution in [-0.2, 0) is 4.79 Å². The van der Waals surface area contributed by atoms with Gasteiger partial charge >= 0.3 is 0 Å². The largest absolute Gasteiger partial charge is 0.389 e. The first kappa shape index (κ1) is 15.4. The van der Waals surface area contributed by atoms with E-state index in [2.05, 4.69) is 17.6 Å². The maximum atomic E-state index is 11.6. The first-order valence-electron chi connectivity index (χ1n) is 7.17. The standard InChI is InChI=1S/C14H28N2O2/c1-4-12(3)16-13(17)9-15-10-14(18)7-5-11(2)6-8-14/h11-12,15,18H,4-10H2,1-3H3,(H,16,17). The van der Waals surface area contributed by atoms with Gasteiger partial charge in [-0.3, -0.25) is 4.79 Å². The molecule has 1 amide bonds. The van der Waals surface area contributed by atoms with Crippen LogP contribution in [0.5, 0.6) is 0 Å². The third kappa shape index (κ3) is 5.36. The summed E-state index contributed by atoms with van der Waals surface area (Å²) < 4.78 is 0. The zero-order chi connectivity index (χ0) is 13.6. The average Bonchev–Trinajstić information content (AvgIpc) is 2.33. The van der Waals surface area contributed by atoms with Gasteiger partial charge in [0, 0.05) is 12.6 Å². The zero-order valence-electron chi connectivity index (χ0n) is 12.0. The second kappa shape index (κ2) is 7.10. The van der Waals surface area contributed by atoms with Gasteiger partial charge in [-0.1, -0.05) is 13.8 Å². The topological polar surface area (TPSA) is 61.4 Å². The average molecular weight is 256 g/mol. The monoisotopic (exact) mass is 256 g/mol. The number of nitrogens with one attached hydrogen (secondary N) is 2. The fourth-order valence-corrected chi connectivity index (χ4v) is 2.31. The predicted molar refractivity (Wildman–Crippen MR) is 73.3 cm³/mol. The zero-order valence-corrected chi connectivity index (χ0v) is 12.0. The van der Waals surface area contributed by atoms with E-state index in [1.807, 2.05) is 13.8 Å². The second-order valence-corrected chi connectivity index (χ2v) is 5.89. The van der Waals surface area contributed by atoms with Crippen molar-refractivity contribution in [2.45, 2.75) is 64.5 Å². The van der Waals surface area contributed by atoms with Crippen molar-refractivity contribution in [3.63, 3.8) is 0 Å². The fourth-order valence-electron chi connectivity index (χ4n) is 2.31. The van der Waals surface area contributed by atoms with Crippen molar-refractivity contribution in [1.82, 2.24) is 10.6 Å². The number of hydrogen-bond donors (Lipinski definition) is 3. The molecule has 0 aromatic rings. The molecule has 106 valence electrons. The summed E-state index contributed by atoms with van der Waals surface area (Å²) in [5.41, 5.74) is -0.608. The fraction of sp³-hybridized carbons (Fsp3) is 0.929. The summed E-state index contributed by atoms with van der Waals surface area (Å²) in [7, 11) is 0. The highest BCUT2D eigenvalue weighted by Crippen LogP contribution is 2.31. The molecule has 1 aliphatic rings. The second-order valence-electron chi connectivity index (χ2n) is 5.89. The smallest absolute Gasteiger partial charge is 0.234 e. The Balaban J connectivity index is 2.19. The van der Waals surface area contributed by atoms with Gasteiger partial charge < -0.3 is 15.7 Å². The molecular formula is C14H28N2O2. The van der Waals surface area contributed by atoms with Crippen LogP contribution in [0.1, 0.15) is 52.9 Å². The van der Waals surface area contributed by atoms with E-state index < -0.39 is 5.60 Å². The van der Waals surface area contributed by atoms with Crippen LogP contribution >= 0.6 is 0 Å². The molecule has 18 heavy (non-hydrogen) atoms. The summed E-state index contributed by atoms with van der Waals surface area (Å²) in [6, 6.07) is 0.220. The van der Waals surface area contributed by atoms with Crippen LogP contribution in [0, 0.1) is 5.92 Å². The molecule has 0 bridgehead atoms. The third-order valence-electron chi connectivity index (χ3n) is 3.96. The summed E-state index contributed by atoms with van der Waals surface area (Å²) >= 11 is 0. The summed E-state index contributed by atoms with van der Waals surface area (Å²) in [6.45, 7) is 7.08. The maximum absolute atomic E-state index is 11.6. The van der Waals surface area contributed by atoms with Crippen molar-refractivity contribution < 1.29 is 9.90 Å². The van der Waals surface area contributed by atoms with Crippen LogP contribution in [0.2, 0.25) is 0 Å². The Bertz CT molecular complexity index is 261. The van der Waals surface area contributed by atoms with Gasteiger partial charge in [0.25, 0.3) is 0 Å². The SMILES string of the molecule is CCC(C)NC(=O)CNCC1(O)CCC(C)CC1. The van der Waals surface area contributed by atoms with Gasteiger partial charge in [0.15, 0.2) is 0 Å². The normalized spacial score (nSPS) is 29.9. The molecule has 0 spiro atoms. The molecule has 1 fully saturated rings. The molecule has 0 saturated heterocycles. The van der Waals surface area contributed by atoms with E-state index in [1.54, 1.807) is 0 Å². The Morgan fingerprint density at radius 1 is 1.44 bits per heavy atom. The summed E-state index contributed by atoms with van der Waals surface area (Å²) in [6.07, 6.45) is 4.78. The molecule has 0 radical (unpaired) electrons. The number of hydrogen-bond acceptors (Lipinski definition) is 3. The number of carbonyl (C=O) groups excluding carboxylic acids is 1. The van der Waals surface area contributed by atoms with Gasteiger partial charge in [-0.25, -0.2) is 0 Å². The van der Waals surface area contributed by atoms with Gasteiger partial charge in [-0.05, 0) is 44.9 Å². The lowest BCUT2D eigenvalue weighted by Gasteiger charge is -2.35. The molecule has 1 atom stereocenters. The lowest BCUT2D eigenvalue weighted by Crippen LogP contribution is -2.47. The quantitative estimate of drug-likeness (QED) is 0.674. The van der Waals surface area contributed by atoms with E-state index in [4.69, 9.17) is 0 Å². The highest BCUT2D eigenvalue weighted by atomic mass is 16.3. The highest BCUT2D eigenvalue weighted by Gasteiger charge is 2.31. The molecule has 0 heterocycles. The summed E-state index contributed by atoms with van der Waals surface area (Å²) in [5, 5.41) is 16.3. The van der Waals surface area contributed by atoms with Crippen LogP contribution < -0.4 is 10.6 Å². The Kier molecular flexibility index (Phi) is 6.09. The lowest BCUT2D eigenvalue weighted by atomic mass is 9.79. The van der Waals surface area contributed by atoms with Crippen molar-refractivity contribution in [2.24, 2.45) is 5.92 Å². The van der Waals surface area contributed by atoms with E-state index in [9.17, 15) is 9.90 Å². The van der Waals surface area contributed by atoms with Gasteiger partial charge in [0.2, 0.25) is 5.91 Å². The van der Waals surface area contributed by atoms with Gasteiger partial charge in [0.05, 0.1) is 12.1 Å². The van der Waals surface area contributed by atoms with Crippen LogP contribution in [0.4, 0.5) is 0 Å². The maximum Gasteiger partial charge on any atom is 0.234 e. The molecule has 0 aromatic carbocycles. The van der Waals surface area contributed by atoms with Crippen LogP contribution in [-0.4, -0.2) is 35.7 Å². The minimum atomic E-state index is -0.608. The van der Waals surface area contributed by atoms with E-state index in [0.717, 1.165) is 38.0 Å². The first-order valence-corrected chi connectivity index (χ1v) is 7.17. The Morgan fingerprint density at radius 2 is 2.06 bits per heavy atom. The van der Waals surface area contributed by atoms with Gasteiger partial charge in [0.1, 0.15) is 0 Å². The Morgan fingerprint density at radius 3 is 2.61 bits per heavy atom. The van der Waals surface area contributed by atoms with E-state index in [1.165, 1.54) is 0 Å². The Hall–Kier alpha value is -0.610. The third-order valence-corrected chi connectivity index (χ3v) is 3.96. The highest BCUT2D eigenvalue weighted by molar-refractivity contribution is 5.78. The molecular weight excluding hydrogens is 228 g/mol. The molecule has 3 N–H and O–H groups in total. The number of rotatable bonds is 6. The lowest BCUT2D eigenvalue weighted by molar-refractivity contribution is -0.121. The number of aliphatic hydroxyl groups is 1. The van der Waals surface area contributed by atoms with Crippen LogP contribution in [0.25, 0.3) is 0 Å². The van der Waals surface area contributed by atoms with Gasteiger partial charge in [-0.15, -0.1) is 0 Å². The van der Waals surface area contributed by atoms with Gasteiger partial charge in [-0.2, -0.15) is 0 Å². The van der Waals surface area contributed by atoms with E-state index in [0.29, 0.717) is 13.1 Å². The predicted octanol–water partition coefficient (Wildman–Crippen LogP) is 1.43. The number of carbonyl (C=O) groups is 1.